The zero-order valence-electron chi connectivity index (χ0n) is 15.2. The molecule has 3 aromatic rings. The predicted molar refractivity (Wildman–Crippen MR) is 107 cm³/mol. The normalized spacial score (nSPS) is 10.3. The zero-order valence-corrected chi connectivity index (χ0v) is 15.2. The highest BCUT2D eigenvalue weighted by atomic mass is 16.5. The molecule has 0 fully saturated rings. The molecule has 1 N–H and O–H groups in total. The van der Waals surface area contributed by atoms with E-state index < -0.39 is 0 Å². The van der Waals surface area contributed by atoms with Crippen LogP contribution in [0.5, 0.6) is 11.5 Å². The SMILES string of the molecule is Cc1ccc(OCCNc2cccc(OCCc3ccccc3)c2)cc1. The Balaban J connectivity index is 1.40. The number of hydrogen-bond donors (Lipinski definition) is 1. The van der Waals surface area contributed by atoms with Crippen molar-refractivity contribution in [2.45, 2.75) is 13.3 Å². The third-order valence-electron chi connectivity index (χ3n) is 4.06. The Morgan fingerprint density at radius 1 is 0.731 bits per heavy atom. The molecule has 0 heterocycles. The minimum atomic E-state index is 0.613. The van der Waals surface area contributed by atoms with Crippen molar-refractivity contribution in [1.29, 1.82) is 0 Å². The molecule has 26 heavy (non-hydrogen) atoms. The van der Waals surface area contributed by atoms with Crippen LogP contribution in [0.3, 0.4) is 0 Å². The van der Waals surface area contributed by atoms with Crippen LogP contribution in [0.15, 0.2) is 78.9 Å². The Kier molecular flexibility index (Phi) is 6.54. The fraction of sp³-hybridized carbons (Fsp3) is 0.217. The minimum absolute atomic E-state index is 0.613. The van der Waals surface area contributed by atoms with Crippen LogP contribution >= 0.6 is 0 Å². The van der Waals surface area contributed by atoms with E-state index in [1.165, 1.54) is 11.1 Å². The van der Waals surface area contributed by atoms with E-state index in [-0.39, 0.29) is 0 Å². The number of rotatable bonds is 9. The summed E-state index contributed by atoms with van der Waals surface area (Å²) in [6, 6.07) is 26.5. The Hall–Kier alpha value is -2.94. The quantitative estimate of drug-likeness (QED) is 0.546. The summed E-state index contributed by atoms with van der Waals surface area (Å²) in [7, 11) is 0. The van der Waals surface area contributed by atoms with Crippen LogP contribution in [-0.2, 0) is 6.42 Å². The van der Waals surface area contributed by atoms with E-state index in [1.54, 1.807) is 0 Å². The molecule has 0 radical (unpaired) electrons. The maximum atomic E-state index is 5.87. The van der Waals surface area contributed by atoms with E-state index in [0.717, 1.165) is 30.2 Å². The van der Waals surface area contributed by atoms with Gasteiger partial charge in [0.1, 0.15) is 18.1 Å². The Bertz CT molecular complexity index is 785. The molecule has 0 saturated carbocycles. The minimum Gasteiger partial charge on any atom is -0.493 e. The molecule has 0 aromatic heterocycles. The standard InChI is InChI=1S/C23H25NO2/c1-19-10-12-22(13-11-19)26-17-15-24-21-8-5-9-23(18-21)25-16-14-20-6-3-2-4-7-20/h2-13,18,24H,14-17H2,1H3. The van der Waals surface area contributed by atoms with Gasteiger partial charge in [-0.05, 0) is 36.8 Å². The summed E-state index contributed by atoms with van der Waals surface area (Å²) in [5.41, 5.74) is 3.56. The molecule has 0 atom stereocenters. The van der Waals surface area contributed by atoms with E-state index in [0.29, 0.717) is 13.2 Å². The van der Waals surface area contributed by atoms with Gasteiger partial charge in [-0.25, -0.2) is 0 Å². The second-order valence-corrected chi connectivity index (χ2v) is 6.20. The number of hydrogen-bond acceptors (Lipinski definition) is 3. The largest absolute Gasteiger partial charge is 0.493 e. The van der Waals surface area contributed by atoms with Crippen LogP contribution in [-0.4, -0.2) is 19.8 Å². The van der Waals surface area contributed by atoms with Crippen molar-refractivity contribution >= 4 is 5.69 Å². The van der Waals surface area contributed by atoms with Crippen molar-refractivity contribution in [3.8, 4) is 11.5 Å². The summed E-state index contributed by atoms with van der Waals surface area (Å²) in [6.45, 7) is 4.09. The van der Waals surface area contributed by atoms with Gasteiger partial charge in [0.2, 0.25) is 0 Å². The molecular formula is C23H25NO2. The summed E-state index contributed by atoms with van der Waals surface area (Å²) >= 11 is 0. The van der Waals surface area contributed by atoms with Crippen molar-refractivity contribution < 1.29 is 9.47 Å². The van der Waals surface area contributed by atoms with Crippen LogP contribution in [0.25, 0.3) is 0 Å². The first-order valence-corrected chi connectivity index (χ1v) is 9.00. The fourth-order valence-electron chi connectivity index (χ4n) is 2.63. The third-order valence-corrected chi connectivity index (χ3v) is 4.06. The molecule has 0 amide bonds. The van der Waals surface area contributed by atoms with Gasteiger partial charge in [-0.15, -0.1) is 0 Å². The lowest BCUT2D eigenvalue weighted by Gasteiger charge is -2.11. The lowest BCUT2D eigenvalue weighted by Crippen LogP contribution is -2.11. The molecule has 0 unspecified atom stereocenters. The highest BCUT2D eigenvalue weighted by molar-refractivity contribution is 5.48. The molecule has 3 heteroatoms. The van der Waals surface area contributed by atoms with Gasteiger partial charge in [0.25, 0.3) is 0 Å². The summed E-state index contributed by atoms with van der Waals surface area (Å²) in [6.07, 6.45) is 0.906. The Labute approximate surface area is 155 Å². The molecule has 0 aliphatic carbocycles. The monoisotopic (exact) mass is 347 g/mol. The number of aryl methyl sites for hydroxylation is 1. The molecule has 0 aliphatic rings. The van der Waals surface area contributed by atoms with Crippen molar-refractivity contribution in [2.24, 2.45) is 0 Å². The zero-order chi connectivity index (χ0) is 18.0. The summed E-state index contributed by atoms with van der Waals surface area (Å²) in [5.74, 6) is 1.78. The van der Waals surface area contributed by atoms with Gasteiger partial charge in [0, 0.05) is 24.7 Å². The molecule has 3 rings (SSSR count). The first kappa shape index (κ1) is 17.9. The van der Waals surface area contributed by atoms with Crippen LogP contribution in [0.2, 0.25) is 0 Å². The molecule has 134 valence electrons. The molecule has 0 aliphatic heterocycles. The van der Waals surface area contributed by atoms with Crippen molar-refractivity contribution in [1.82, 2.24) is 0 Å². The average molecular weight is 347 g/mol. The van der Waals surface area contributed by atoms with Gasteiger partial charge in [0.15, 0.2) is 0 Å². The second kappa shape index (κ2) is 9.52. The predicted octanol–water partition coefficient (Wildman–Crippen LogP) is 5.11. The molecule has 3 aromatic carbocycles. The average Bonchev–Trinajstić information content (AvgIpc) is 2.68. The summed E-state index contributed by atoms with van der Waals surface area (Å²) < 4.78 is 11.6. The van der Waals surface area contributed by atoms with E-state index >= 15 is 0 Å². The number of nitrogens with one attached hydrogen (secondary N) is 1. The van der Waals surface area contributed by atoms with Gasteiger partial charge in [-0.2, -0.15) is 0 Å². The lowest BCUT2D eigenvalue weighted by molar-refractivity contribution is 0.322. The van der Waals surface area contributed by atoms with E-state index in [9.17, 15) is 0 Å². The number of ether oxygens (including phenoxy) is 2. The van der Waals surface area contributed by atoms with Crippen LogP contribution in [0, 0.1) is 6.92 Å². The van der Waals surface area contributed by atoms with Gasteiger partial charge in [-0.3, -0.25) is 0 Å². The smallest absolute Gasteiger partial charge is 0.121 e. The molecule has 0 spiro atoms. The van der Waals surface area contributed by atoms with E-state index in [2.05, 4.69) is 48.6 Å². The number of anilines is 1. The first-order chi connectivity index (χ1) is 12.8. The topological polar surface area (TPSA) is 30.5 Å². The van der Waals surface area contributed by atoms with Gasteiger partial charge < -0.3 is 14.8 Å². The van der Waals surface area contributed by atoms with Crippen molar-refractivity contribution in [2.75, 3.05) is 25.1 Å². The maximum absolute atomic E-state index is 5.87. The molecule has 3 nitrogen and oxygen atoms in total. The second-order valence-electron chi connectivity index (χ2n) is 6.20. The van der Waals surface area contributed by atoms with E-state index in [1.807, 2.05) is 42.5 Å². The third kappa shape index (κ3) is 5.85. The fourth-order valence-corrected chi connectivity index (χ4v) is 2.63. The first-order valence-electron chi connectivity index (χ1n) is 9.00. The summed E-state index contributed by atoms with van der Waals surface area (Å²) in [4.78, 5) is 0. The molecule has 0 bridgehead atoms. The van der Waals surface area contributed by atoms with E-state index in [4.69, 9.17) is 9.47 Å². The van der Waals surface area contributed by atoms with Gasteiger partial charge in [-0.1, -0.05) is 54.1 Å². The van der Waals surface area contributed by atoms with Gasteiger partial charge in [0.05, 0.1) is 6.61 Å². The molecular weight excluding hydrogens is 322 g/mol. The highest BCUT2D eigenvalue weighted by Crippen LogP contribution is 2.18. The van der Waals surface area contributed by atoms with Crippen LogP contribution in [0.1, 0.15) is 11.1 Å². The Morgan fingerprint density at radius 3 is 2.31 bits per heavy atom. The Morgan fingerprint density at radius 2 is 1.50 bits per heavy atom. The summed E-state index contributed by atoms with van der Waals surface area (Å²) in [5, 5.41) is 3.37. The maximum Gasteiger partial charge on any atom is 0.121 e. The van der Waals surface area contributed by atoms with Crippen molar-refractivity contribution in [3.05, 3.63) is 90.0 Å². The van der Waals surface area contributed by atoms with Crippen LogP contribution < -0.4 is 14.8 Å². The molecule has 0 saturated heterocycles. The van der Waals surface area contributed by atoms with Crippen molar-refractivity contribution in [3.63, 3.8) is 0 Å². The van der Waals surface area contributed by atoms with Crippen LogP contribution in [0.4, 0.5) is 5.69 Å². The number of benzene rings is 3. The highest BCUT2D eigenvalue weighted by Gasteiger charge is 1.99. The van der Waals surface area contributed by atoms with Gasteiger partial charge >= 0.3 is 0 Å². The lowest BCUT2D eigenvalue weighted by atomic mass is 10.2.